The van der Waals surface area contributed by atoms with Gasteiger partial charge in [0.05, 0.1) is 17.9 Å². The molecule has 1 heterocycles. The molecule has 0 fully saturated rings. The Balaban J connectivity index is 0.982. The van der Waals surface area contributed by atoms with E-state index in [0.717, 1.165) is 50.5 Å². The topological polar surface area (TPSA) is 8.17 Å². The maximum Gasteiger partial charge on any atom is 0.0629 e. The van der Waals surface area contributed by atoms with Gasteiger partial charge in [0, 0.05) is 38.9 Å². The molecule has 0 radical (unpaired) electrons. The lowest BCUT2D eigenvalue weighted by molar-refractivity contribution is 1.19. The van der Waals surface area contributed by atoms with E-state index in [9.17, 15) is 0 Å². The van der Waals surface area contributed by atoms with Crippen molar-refractivity contribution >= 4 is 60.4 Å². The predicted octanol–water partition coefficient (Wildman–Crippen LogP) is 17.2. The Morgan fingerprint density at radius 3 is 1.27 bits per heavy atom. The van der Waals surface area contributed by atoms with Gasteiger partial charge in [-0.2, -0.15) is 0 Å². The van der Waals surface area contributed by atoms with E-state index in [2.05, 4.69) is 191 Å². The third-order valence-electron chi connectivity index (χ3n) is 12.5. The quantitative estimate of drug-likeness (QED) is 0.139. The lowest BCUT2D eigenvalue weighted by Gasteiger charge is -2.26. The van der Waals surface area contributed by atoms with Crippen molar-refractivity contribution in [2.75, 3.05) is 4.90 Å². The van der Waals surface area contributed by atoms with Crippen molar-refractivity contribution in [3.63, 3.8) is 0 Å². The highest BCUT2D eigenvalue weighted by Crippen LogP contribution is 2.44. The minimum Gasteiger partial charge on any atom is -0.311 e. The number of rotatable bonds is 8. The van der Waals surface area contributed by atoms with E-state index in [0.29, 0.717) is 5.56 Å². The minimum absolute atomic E-state index is 0.179. The Morgan fingerprint density at radius 2 is 0.719 bits per heavy atom. The van der Waals surface area contributed by atoms with Gasteiger partial charge in [-0.25, -0.2) is 0 Å². The first-order chi connectivity index (χ1) is 33.8. The molecule has 2 nitrogen and oxygen atoms in total. The van der Waals surface area contributed by atoms with Gasteiger partial charge >= 0.3 is 0 Å². The first-order valence-electron chi connectivity index (χ1n) is 24.1. The molecule has 0 unspecified atom stereocenters. The molecule has 12 aromatic rings. The molecule has 0 aliphatic heterocycles. The van der Waals surface area contributed by atoms with Crippen LogP contribution in [0.15, 0.2) is 255 Å². The molecule has 1 aromatic heterocycles. The van der Waals surface area contributed by atoms with Gasteiger partial charge in [-0.15, -0.1) is 0 Å². The SMILES string of the molecule is [2H]c1c([2H])c([2H])c(-c2ccc(N(c3ccc(-c4ccccc4)cc3)c3ccc(-c4ccc5c(c4)c4c6ccccc6c6ccccc6c4n5-c4ccc(-c5ccccc5)cc4)cc3)cc2)c([2H])c1[2H]. The van der Waals surface area contributed by atoms with Crippen LogP contribution in [-0.4, -0.2) is 4.57 Å². The van der Waals surface area contributed by atoms with Crippen LogP contribution in [0.4, 0.5) is 17.1 Å². The largest absolute Gasteiger partial charge is 0.311 e. The molecule has 12 rings (SSSR count). The summed E-state index contributed by atoms with van der Waals surface area (Å²) in [6.45, 7) is 0. The Labute approximate surface area is 380 Å². The molecule has 0 bridgehead atoms. The molecule has 64 heavy (non-hydrogen) atoms. The lowest BCUT2D eigenvalue weighted by Crippen LogP contribution is -2.09. The second-order valence-electron chi connectivity index (χ2n) is 16.1. The van der Waals surface area contributed by atoms with Crippen molar-refractivity contribution in [1.29, 1.82) is 0 Å². The summed E-state index contributed by atoms with van der Waals surface area (Å²) in [5.74, 6) is 0. The number of hydrogen-bond donors (Lipinski definition) is 0. The summed E-state index contributed by atoms with van der Waals surface area (Å²) in [5.41, 5.74) is 13.7. The van der Waals surface area contributed by atoms with Crippen LogP contribution in [0.1, 0.15) is 6.85 Å². The summed E-state index contributed by atoms with van der Waals surface area (Å²) >= 11 is 0. The first-order valence-corrected chi connectivity index (χ1v) is 21.6. The van der Waals surface area contributed by atoms with Crippen molar-refractivity contribution in [1.82, 2.24) is 4.57 Å². The normalized spacial score (nSPS) is 12.5. The summed E-state index contributed by atoms with van der Waals surface area (Å²) in [5, 5.41) is 7.28. The highest BCUT2D eigenvalue weighted by molar-refractivity contribution is 6.32. The van der Waals surface area contributed by atoms with E-state index in [-0.39, 0.29) is 29.7 Å². The summed E-state index contributed by atoms with van der Waals surface area (Å²) in [4.78, 5) is 2.18. The average Bonchev–Trinajstić information content (AvgIpc) is 3.76. The van der Waals surface area contributed by atoms with Crippen LogP contribution in [0.25, 0.3) is 93.5 Å². The summed E-state index contributed by atoms with van der Waals surface area (Å²) in [6, 6.07) is 77.2. The molecular formula is C62H42N2. The third kappa shape index (κ3) is 6.52. The fraction of sp³-hybridized carbons (Fsp3) is 0. The molecule has 0 aliphatic carbocycles. The Kier molecular flexibility index (Phi) is 7.96. The molecule has 0 N–H and O–H groups in total. The number of fused-ring (bicyclic) bond motifs is 8. The van der Waals surface area contributed by atoms with Crippen LogP contribution in [0.2, 0.25) is 0 Å². The Hall–Kier alpha value is -8.46. The number of benzene rings is 11. The van der Waals surface area contributed by atoms with Gasteiger partial charge in [-0.3, -0.25) is 0 Å². The zero-order valence-corrected chi connectivity index (χ0v) is 34.8. The molecule has 0 amide bonds. The Bertz CT molecular complexity index is 3880. The van der Waals surface area contributed by atoms with E-state index in [1.807, 2.05) is 42.5 Å². The van der Waals surface area contributed by atoms with Gasteiger partial charge in [0.2, 0.25) is 0 Å². The Morgan fingerprint density at radius 1 is 0.312 bits per heavy atom. The highest BCUT2D eigenvalue weighted by atomic mass is 15.1. The fourth-order valence-electron chi connectivity index (χ4n) is 9.42. The molecule has 0 aliphatic rings. The minimum atomic E-state index is -0.405. The number of aromatic nitrogens is 1. The van der Waals surface area contributed by atoms with E-state index in [4.69, 9.17) is 6.85 Å². The van der Waals surface area contributed by atoms with Crippen molar-refractivity contribution in [3.05, 3.63) is 255 Å². The smallest absolute Gasteiger partial charge is 0.0629 e. The second-order valence-corrected chi connectivity index (χ2v) is 16.1. The number of nitrogens with zero attached hydrogens (tertiary/aromatic N) is 2. The zero-order valence-electron chi connectivity index (χ0n) is 39.8. The van der Waals surface area contributed by atoms with Crippen molar-refractivity contribution < 1.29 is 6.85 Å². The van der Waals surface area contributed by atoms with Crippen LogP contribution in [0.3, 0.4) is 0 Å². The molecular weight excluding hydrogens is 773 g/mol. The van der Waals surface area contributed by atoms with Gasteiger partial charge in [0.1, 0.15) is 0 Å². The average molecular weight is 820 g/mol. The monoisotopic (exact) mass is 819 g/mol. The maximum atomic E-state index is 8.60. The van der Waals surface area contributed by atoms with Gasteiger partial charge in [0.25, 0.3) is 0 Å². The van der Waals surface area contributed by atoms with E-state index in [1.165, 1.54) is 49.0 Å². The van der Waals surface area contributed by atoms with E-state index >= 15 is 0 Å². The molecule has 0 saturated heterocycles. The van der Waals surface area contributed by atoms with Gasteiger partial charge < -0.3 is 9.47 Å². The van der Waals surface area contributed by atoms with Crippen molar-refractivity contribution in [3.8, 4) is 50.2 Å². The maximum absolute atomic E-state index is 8.60. The summed E-state index contributed by atoms with van der Waals surface area (Å²) in [6.07, 6.45) is 0. The number of hydrogen-bond acceptors (Lipinski definition) is 1. The van der Waals surface area contributed by atoms with Crippen LogP contribution in [0, 0.1) is 0 Å². The van der Waals surface area contributed by atoms with Crippen LogP contribution < -0.4 is 4.90 Å². The molecule has 0 atom stereocenters. The molecule has 300 valence electrons. The highest BCUT2D eigenvalue weighted by Gasteiger charge is 2.20. The molecule has 0 spiro atoms. The van der Waals surface area contributed by atoms with Gasteiger partial charge in [-0.1, -0.05) is 194 Å². The first kappa shape index (κ1) is 32.3. The van der Waals surface area contributed by atoms with E-state index < -0.39 is 6.04 Å². The zero-order chi connectivity index (χ0) is 46.8. The molecule has 0 saturated carbocycles. The predicted molar refractivity (Wildman–Crippen MR) is 272 cm³/mol. The lowest BCUT2D eigenvalue weighted by atomic mass is 9.95. The van der Waals surface area contributed by atoms with Crippen LogP contribution in [-0.2, 0) is 0 Å². The van der Waals surface area contributed by atoms with Crippen molar-refractivity contribution in [2.45, 2.75) is 0 Å². The summed E-state index contributed by atoms with van der Waals surface area (Å²) < 4.78 is 44.3. The number of anilines is 3. The molecule has 11 aromatic carbocycles. The van der Waals surface area contributed by atoms with Crippen LogP contribution in [0.5, 0.6) is 0 Å². The van der Waals surface area contributed by atoms with Crippen molar-refractivity contribution in [2.24, 2.45) is 0 Å². The fourth-order valence-corrected chi connectivity index (χ4v) is 9.42. The summed E-state index contributed by atoms with van der Waals surface area (Å²) in [7, 11) is 0. The second kappa shape index (κ2) is 15.8. The van der Waals surface area contributed by atoms with E-state index in [1.54, 1.807) is 0 Å². The van der Waals surface area contributed by atoms with Crippen LogP contribution >= 0.6 is 0 Å². The molecule has 2 heteroatoms. The third-order valence-corrected chi connectivity index (χ3v) is 12.5. The standard InChI is InChI=1S/C62H42N2/c1-4-14-43(15-5-1)46-24-33-51(34-25-46)63(52-35-26-47(27-36-52)44-16-6-2-7-17-44)53-37-30-49(31-38-53)50-32-41-60-59(42-50)61-57-22-12-10-20-55(57)56-21-11-13-23-58(56)62(61)64(60)54-39-28-48(29-40-54)45-18-8-3-9-19-45/h1-42H/i1D,4D,5D,14D,15D. The van der Waals surface area contributed by atoms with Gasteiger partial charge in [-0.05, 0) is 121 Å². The van der Waals surface area contributed by atoms with Gasteiger partial charge in [0.15, 0.2) is 0 Å².